The van der Waals surface area contributed by atoms with Crippen LogP contribution in [0.25, 0.3) is 0 Å². The van der Waals surface area contributed by atoms with Crippen molar-refractivity contribution in [3.63, 3.8) is 0 Å². The van der Waals surface area contributed by atoms with E-state index in [1.807, 2.05) is 71.8 Å². The lowest BCUT2D eigenvalue weighted by atomic mass is 9.76. The zero-order chi connectivity index (χ0) is 19.6. The molecule has 0 N–H and O–H groups in total. The van der Waals surface area contributed by atoms with Crippen LogP contribution in [0, 0.1) is 0 Å². The molecule has 142 valence electrons. The summed E-state index contributed by atoms with van der Waals surface area (Å²) in [5, 5.41) is 1.87. The van der Waals surface area contributed by atoms with E-state index < -0.39 is 11.1 Å². The average molecular weight is 373 g/mol. The van der Waals surface area contributed by atoms with Crippen molar-refractivity contribution in [2.45, 2.75) is 24.5 Å². The van der Waals surface area contributed by atoms with Gasteiger partial charge in [-0.25, -0.2) is 9.86 Å². The molecular weight excluding hydrogens is 350 g/mol. The molecule has 0 aliphatic carbocycles. The lowest BCUT2D eigenvalue weighted by molar-refractivity contribution is -0.163. The molecule has 1 aliphatic rings. The van der Waals surface area contributed by atoms with Crippen LogP contribution in [0.15, 0.2) is 91.0 Å². The molecule has 1 aliphatic heterocycles. The molecule has 3 aromatic rings. The van der Waals surface area contributed by atoms with Crippen molar-refractivity contribution in [1.29, 1.82) is 0 Å². The topological polar surface area (TPSA) is 38.8 Å². The van der Waals surface area contributed by atoms with Crippen molar-refractivity contribution in [2.24, 2.45) is 0 Å². The maximum Gasteiger partial charge on any atom is 0.340 e. The number of benzene rings is 3. The van der Waals surface area contributed by atoms with Crippen molar-refractivity contribution in [1.82, 2.24) is 0 Å². The molecular formula is C24H23NO3. The molecule has 1 saturated heterocycles. The van der Waals surface area contributed by atoms with Gasteiger partial charge in [-0.05, 0) is 30.2 Å². The number of carbonyl (C=O) groups excluding carboxylic acids is 1. The Morgan fingerprint density at radius 2 is 1.32 bits per heavy atom. The van der Waals surface area contributed by atoms with Crippen LogP contribution >= 0.6 is 0 Å². The van der Waals surface area contributed by atoms with Crippen LogP contribution in [0.1, 0.15) is 24.5 Å². The smallest absolute Gasteiger partial charge is 0.340 e. The minimum absolute atomic E-state index is 0.387. The Morgan fingerprint density at radius 3 is 1.79 bits per heavy atom. The number of anilines is 1. The normalized spacial score (nSPS) is 20.7. The number of hydrogen-bond donors (Lipinski definition) is 0. The highest BCUT2D eigenvalue weighted by Gasteiger charge is 2.59. The van der Waals surface area contributed by atoms with Crippen molar-refractivity contribution in [3.05, 3.63) is 102 Å². The summed E-state index contributed by atoms with van der Waals surface area (Å²) in [6, 6.07) is 30.2. The molecule has 0 spiro atoms. The number of rotatable bonds is 4. The third-order valence-corrected chi connectivity index (χ3v) is 5.34. The van der Waals surface area contributed by atoms with Crippen LogP contribution in [-0.4, -0.2) is 18.7 Å². The molecule has 1 unspecified atom stereocenters. The van der Waals surface area contributed by atoms with Crippen LogP contribution in [0.3, 0.4) is 0 Å². The largest absolute Gasteiger partial charge is 0.467 e. The Hall–Kier alpha value is -3.11. The molecule has 0 aromatic heterocycles. The van der Waals surface area contributed by atoms with Crippen molar-refractivity contribution >= 4 is 11.7 Å². The number of carbonyl (C=O) groups is 1. The van der Waals surface area contributed by atoms with Gasteiger partial charge in [-0.2, -0.15) is 0 Å². The predicted octanol–water partition coefficient (Wildman–Crippen LogP) is 4.70. The highest BCUT2D eigenvalue weighted by Crippen LogP contribution is 2.52. The molecule has 0 saturated carbocycles. The Morgan fingerprint density at radius 1 is 0.857 bits per heavy atom. The number of ether oxygens (including phenoxy) is 1. The summed E-state index contributed by atoms with van der Waals surface area (Å²) < 4.78 is 5.10. The maximum atomic E-state index is 12.7. The molecule has 4 rings (SSSR count). The first-order valence-corrected chi connectivity index (χ1v) is 9.34. The maximum absolute atomic E-state index is 12.7. The molecule has 28 heavy (non-hydrogen) atoms. The second-order valence-corrected chi connectivity index (χ2v) is 7.21. The number of nitrogens with zero attached hydrogens (tertiary/aromatic N) is 1. The lowest BCUT2D eigenvalue weighted by Crippen LogP contribution is -2.41. The van der Waals surface area contributed by atoms with Crippen LogP contribution in [0.4, 0.5) is 5.69 Å². The summed E-state index contributed by atoms with van der Waals surface area (Å²) >= 11 is 0. The van der Waals surface area contributed by atoms with Crippen LogP contribution in [0.5, 0.6) is 0 Å². The second-order valence-electron chi connectivity index (χ2n) is 7.21. The standard InChI is InChI=1S/C24H23NO3/c1-23(22(26)27-2)18-24(19-12-6-3-7-13-19,20-14-8-4-9-15-20)25(28-23)21-16-10-5-11-17-21/h3-17H,18H2,1-2H3. The highest BCUT2D eigenvalue weighted by molar-refractivity contribution is 5.81. The number of esters is 1. The van der Waals surface area contributed by atoms with E-state index in [1.54, 1.807) is 6.92 Å². The van der Waals surface area contributed by atoms with E-state index in [0.29, 0.717) is 6.42 Å². The zero-order valence-electron chi connectivity index (χ0n) is 16.0. The van der Waals surface area contributed by atoms with Gasteiger partial charge in [0.05, 0.1) is 12.8 Å². The molecule has 4 heteroatoms. The number of para-hydroxylation sites is 1. The zero-order valence-corrected chi connectivity index (χ0v) is 16.0. The average Bonchev–Trinajstić information content (AvgIpc) is 3.11. The first kappa shape index (κ1) is 18.3. The molecule has 1 atom stereocenters. The third-order valence-electron chi connectivity index (χ3n) is 5.34. The first-order valence-electron chi connectivity index (χ1n) is 9.34. The van der Waals surface area contributed by atoms with E-state index in [2.05, 4.69) is 24.3 Å². The van der Waals surface area contributed by atoms with E-state index in [1.165, 1.54) is 7.11 Å². The number of hydroxylamine groups is 1. The van der Waals surface area contributed by atoms with Gasteiger partial charge in [0.15, 0.2) is 5.60 Å². The number of hydrogen-bond acceptors (Lipinski definition) is 4. The van der Waals surface area contributed by atoms with Crippen molar-refractivity contribution in [3.8, 4) is 0 Å². The van der Waals surface area contributed by atoms with Crippen molar-refractivity contribution in [2.75, 3.05) is 12.2 Å². The second kappa shape index (κ2) is 7.13. The van der Waals surface area contributed by atoms with Gasteiger partial charge in [0, 0.05) is 6.42 Å². The van der Waals surface area contributed by atoms with Gasteiger partial charge in [-0.3, -0.25) is 4.84 Å². The van der Waals surface area contributed by atoms with E-state index in [9.17, 15) is 4.79 Å². The Kier molecular flexibility index (Phi) is 4.65. The predicted molar refractivity (Wildman–Crippen MR) is 109 cm³/mol. The molecule has 3 aromatic carbocycles. The lowest BCUT2D eigenvalue weighted by Gasteiger charge is -2.38. The molecule has 0 bridgehead atoms. The minimum atomic E-state index is -1.11. The van der Waals surface area contributed by atoms with Gasteiger partial charge in [-0.1, -0.05) is 78.9 Å². The number of methoxy groups -OCH3 is 1. The van der Waals surface area contributed by atoms with Gasteiger partial charge in [0.2, 0.25) is 0 Å². The van der Waals surface area contributed by atoms with Gasteiger partial charge in [0.25, 0.3) is 0 Å². The Labute approximate surface area is 165 Å². The minimum Gasteiger partial charge on any atom is -0.467 e. The molecule has 1 heterocycles. The van der Waals surface area contributed by atoms with Crippen molar-refractivity contribution < 1.29 is 14.4 Å². The summed E-state index contributed by atoms with van der Waals surface area (Å²) in [7, 11) is 1.40. The Balaban J connectivity index is 1.99. The Bertz CT molecular complexity index is 904. The third kappa shape index (κ3) is 2.86. The summed E-state index contributed by atoms with van der Waals surface area (Å²) in [5.74, 6) is -0.387. The monoisotopic (exact) mass is 373 g/mol. The van der Waals surface area contributed by atoms with Crippen LogP contribution < -0.4 is 5.06 Å². The van der Waals surface area contributed by atoms with E-state index in [0.717, 1.165) is 16.8 Å². The SMILES string of the molecule is COC(=O)C1(C)CC(c2ccccc2)(c2ccccc2)N(c2ccccc2)O1. The molecule has 1 fully saturated rings. The van der Waals surface area contributed by atoms with E-state index in [4.69, 9.17) is 9.57 Å². The first-order chi connectivity index (χ1) is 13.6. The van der Waals surface area contributed by atoms with Gasteiger partial charge >= 0.3 is 5.97 Å². The van der Waals surface area contributed by atoms with E-state index in [-0.39, 0.29) is 5.97 Å². The molecule has 0 amide bonds. The van der Waals surface area contributed by atoms with Gasteiger partial charge in [0.1, 0.15) is 5.54 Å². The fourth-order valence-electron chi connectivity index (χ4n) is 4.07. The fourth-order valence-corrected chi connectivity index (χ4v) is 4.07. The molecule has 0 radical (unpaired) electrons. The fraction of sp³-hybridized carbons (Fsp3) is 0.208. The van der Waals surface area contributed by atoms with Crippen LogP contribution in [-0.2, 0) is 19.9 Å². The summed E-state index contributed by atoms with van der Waals surface area (Å²) in [5.41, 5.74) is 1.20. The summed E-state index contributed by atoms with van der Waals surface area (Å²) in [6.07, 6.45) is 0.426. The summed E-state index contributed by atoms with van der Waals surface area (Å²) in [4.78, 5) is 19.1. The van der Waals surface area contributed by atoms with Gasteiger partial charge in [-0.15, -0.1) is 0 Å². The van der Waals surface area contributed by atoms with Gasteiger partial charge < -0.3 is 4.74 Å². The van der Waals surface area contributed by atoms with E-state index >= 15 is 0 Å². The quantitative estimate of drug-likeness (QED) is 0.621. The highest BCUT2D eigenvalue weighted by atomic mass is 16.7. The van der Waals surface area contributed by atoms with Crippen LogP contribution in [0.2, 0.25) is 0 Å². The molecule has 4 nitrogen and oxygen atoms in total. The summed E-state index contributed by atoms with van der Waals surface area (Å²) in [6.45, 7) is 1.79.